The monoisotopic (exact) mass is 313 g/mol. The van der Waals surface area contributed by atoms with Gasteiger partial charge in [-0.05, 0) is 42.5 Å². The molecule has 0 aliphatic heterocycles. The Morgan fingerprint density at radius 3 is 2.40 bits per heavy atom. The molecule has 0 spiro atoms. The van der Waals surface area contributed by atoms with Crippen molar-refractivity contribution in [1.82, 2.24) is 5.43 Å². The van der Waals surface area contributed by atoms with Crippen molar-refractivity contribution in [3.05, 3.63) is 58.3 Å². The fraction of sp³-hybridized carbons (Fsp3) is 0. The Balaban J connectivity index is 1.90. The zero-order valence-corrected chi connectivity index (χ0v) is 11.6. The van der Waals surface area contributed by atoms with Crippen LogP contribution in [-0.2, 0) is 0 Å². The minimum Gasteiger partial charge on any atom is -0.307 e. The standard InChI is InChI=1S/C13H10Cl2FN3O/c14-8-1-6-12(11(15)7-8)18-19-13(20)17-10-4-2-9(16)3-5-10/h1-7,18H,(H2,17,19,20). The molecule has 2 aromatic carbocycles. The van der Waals surface area contributed by atoms with Gasteiger partial charge in [0.25, 0.3) is 0 Å². The van der Waals surface area contributed by atoms with Gasteiger partial charge in [0.15, 0.2) is 0 Å². The third-order valence-electron chi connectivity index (χ3n) is 2.34. The van der Waals surface area contributed by atoms with E-state index in [2.05, 4.69) is 16.2 Å². The maximum atomic E-state index is 12.7. The van der Waals surface area contributed by atoms with Crippen molar-refractivity contribution >= 4 is 40.6 Å². The summed E-state index contributed by atoms with van der Waals surface area (Å²) in [6.07, 6.45) is 0. The lowest BCUT2D eigenvalue weighted by molar-refractivity contribution is 0.254. The number of anilines is 2. The highest BCUT2D eigenvalue weighted by Gasteiger charge is 2.04. The molecule has 0 heterocycles. The van der Waals surface area contributed by atoms with Crippen LogP contribution in [-0.4, -0.2) is 6.03 Å². The number of amides is 2. The van der Waals surface area contributed by atoms with Gasteiger partial charge in [-0.15, -0.1) is 0 Å². The average molecular weight is 314 g/mol. The van der Waals surface area contributed by atoms with Crippen LogP contribution < -0.4 is 16.2 Å². The van der Waals surface area contributed by atoms with Crippen LogP contribution in [0.5, 0.6) is 0 Å². The summed E-state index contributed by atoms with van der Waals surface area (Å²) in [4.78, 5) is 11.6. The highest BCUT2D eigenvalue weighted by Crippen LogP contribution is 2.24. The fourth-order valence-electron chi connectivity index (χ4n) is 1.41. The predicted octanol–water partition coefficient (Wildman–Crippen LogP) is 4.28. The first-order valence-corrected chi connectivity index (χ1v) is 6.34. The molecule has 3 N–H and O–H groups in total. The zero-order valence-electron chi connectivity index (χ0n) is 10.1. The smallest absolute Gasteiger partial charge is 0.307 e. The van der Waals surface area contributed by atoms with Crippen LogP contribution >= 0.6 is 23.2 Å². The van der Waals surface area contributed by atoms with Crippen molar-refractivity contribution in [2.24, 2.45) is 0 Å². The van der Waals surface area contributed by atoms with E-state index < -0.39 is 6.03 Å². The van der Waals surface area contributed by atoms with Crippen molar-refractivity contribution in [3.8, 4) is 0 Å². The highest BCUT2D eigenvalue weighted by atomic mass is 35.5. The van der Waals surface area contributed by atoms with Gasteiger partial charge in [-0.3, -0.25) is 10.9 Å². The molecule has 7 heteroatoms. The van der Waals surface area contributed by atoms with Crippen molar-refractivity contribution < 1.29 is 9.18 Å². The number of carbonyl (C=O) groups excluding carboxylic acids is 1. The topological polar surface area (TPSA) is 53.2 Å². The van der Waals surface area contributed by atoms with Gasteiger partial charge in [-0.25, -0.2) is 9.18 Å². The van der Waals surface area contributed by atoms with Gasteiger partial charge in [0.05, 0.1) is 10.7 Å². The van der Waals surface area contributed by atoms with E-state index in [0.717, 1.165) is 0 Å². The van der Waals surface area contributed by atoms with E-state index in [-0.39, 0.29) is 5.82 Å². The summed E-state index contributed by atoms with van der Waals surface area (Å²) in [5.74, 6) is -0.373. The molecular weight excluding hydrogens is 304 g/mol. The van der Waals surface area contributed by atoms with Gasteiger partial charge in [-0.2, -0.15) is 0 Å². The minimum absolute atomic E-state index is 0.373. The zero-order chi connectivity index (χ0) is 14.5. The largest absolute Gasteiger partial charge is 0.337 e. The first kappa shape index (κ1) is 14.4. The molecule has 2 rings (SSSR count). The Kier molecular flexibility index (Phi) is 4.65. The van der Waals surface area contributed by atoms with Gasteiger partial charge in [0.2, 0.25) is 0 Å². The summed E-state index contributed by atoms with van der Waals surface area (Å²) in [6.45, 7) is 0. The van der Waals surface area contributed by atoms with Crippen molar-refractivity contribution in [2.45, 2.75) is 0 Å². The number of hydrogen-bond acceptors (Lipinski definition) is 2. The van der Waals surface area contributed by atoms with E-state index in [0.29, 0.717) is 21.4 Å². The summed E-state index contributed by atoms with van der Waals surface area (Å²) in [5, 5.41) is 3.39. The number of rotatable bonds is 3. The van der Waals surface area contributed by atoms with E-state index in [9.17, 15) is 9.18 Å². The van der Waals surface area contributed by atoms with Crippen LogP contribution in [0, 0.1) is 5.82 Å². The van der Waals surface area contributed by atoms with E-state index in [4.69, 9.17) is 23.2 Å². The first-order chi connectivity index (χ1) is 9.54. The number of halogens is 3. The predicted molar refractivity (Wildman–Crippen MR) is 78.6 cm³/mol. The van der Waals surface area contributed by atoms with Crippen LogP contribution in [0.3, 0.4) is 0 Å². The molecule has 104 valence electrons. The summed E-state index contributed by atoms with van der Waals surface area (Å²) in [6, 6.07) is 9.69. The lowest BCUT2D eigenvalue weighted by Gasteiger charge is -2.11. The van der Waals surface area contributed by atoms with Gasteiger partial charge in [0.1, 0.15) is 5.82 Å². The van der Waals surface area contributed by atoms with Crippen LogP contribution in [0.15, 0.2) is 42.5 Å². The highest BCUT2D eigenvalue weighted by molar-refractivity contribution is 6.36. The number of benzene rings is 2. The molecule has 0 saturated carbocycles. The third kappa shape index (κ3) is 4.01. The average Bonchev–Trinajstić information content (AvgIpc) is 2.40. The van der Waals surface area contributed by atoms with Crippen LogP contribution in [0.1, 0.15) is 0 Å². The maximum absolute atomic E-state index is 12.7. The molecular formula is C13H10Cl2FN3O. The lowest BCUT2D eigenvalue weighted by Crippen LogP contribution is -2.33. The number of hydrazine groups is 1. The SMILES string of the molecule is O=C(NNc1ccc(Cl)cc1Cl)Nc1ccc(F)cc1. The summed E-state index contributed by atoms with van der Waals surface area (Å²) >= 11 is 11.7. The quantitative estimate of drug-likeness (QED) is 0.741. The second-order valence-corrected chi connectivity index (χ2v) is 4.68. The Bertz CT molecular complexity index is 620. The molecule has 0 fully saturated rings. The number of carbonyl (C=O) groups is 1. The molecule has 0 atom stereocenters. The number of urea groups is 1. The fourth-order valence-corrected chi connectivity index (χ4v) is 1.87. The van der Waals surface area contributed by atoms with Crippen molar-refractivity contribution in [1.29, 1.82) is 0 Å². The summed E-state index contributed by atoms with van der Waals surface area (Å²) < 4.78 is 12.7. The van der Waals surface area contributed by atoms with E-state index in [1.807, 2.05) is 0 Å². The van der Waals surface area contributed by atoms with Crippen molar-refractivity contribution in [3.63, 3.8) is 0 Å². The molecule has 0 unspecified atom stereocenters. The Morgan fingerprint density at radius 2 is 1.75 bits per heavy atom. The van der Waals surface area contributed by atoms with Crippen LogP contribution in [0.2, 0.25) is 10.0 Å². The van der Waals surface area contributed by atoms with Gasteiger partial charge < -0.3 is 5.32 Å². The van der Waals surface area contributed by atoms with Gasteiger partial charge in [-0.1, -0.05) is 23.2 Å². The van der Waals surface area contributed by atoms with E-state index >= 15 is 0 Å². The summed E-state index contributed by atoms with van der Waals surface area (Å²) in [5.41, 5.74) is 6.02. The van der Waals surface area contributed by atoms with E-state index in [1.165, 1.54) is 24.3 Å². The molecule has 0 radical (unpaired) electrons. The molecule has 4 nitrogen and oxygen atoms in total. The Morgan fingerprint density at radius 1 is 1.05 bits per heavy atom. The Labute approximate surface area is 124 Å². The van der Waals surface area contributed by atoms with E-state index in [1.54, 1.807) is 18.2 Å². The van der Waals surface area contributed by atoms with Gasteiger partial charge in [0, 0.05) is 10.7 Å². The maximum Gasteiger partial charge on any atom is 0.337 e. The van der Waals surface area contributed by atoms with Gasteiger partial charge >= 0.3 is 6.03 Å². The van der Waals surface area contributed by atoms with Crippen LogP contribution in [0.25, 0.3) is 0 Å². The Hall–Kier alpha value is -1.98. The molecule has 0 aliphatic carbocycles. The number of hydrogen-bond donors (Lipinski definition) is 3. The lowest BCUT2D eigenvalue weighted by atomic mass is 10.3. The van der Waals surface area contributed by atoms with Crippen LogP contribution in [0.4, 0.5) is 20.6 Å². The molecule has 20 heavy (non-hydrogen) atoms. The molecule has 0 aromatic heterocycles. The number of nitrogens with one attached hydrogen (secondary N) is 3. The minimum atomic E-state index is -0.511. The molecule has 0 aliphatic rings. The molecule has 0 saturated heterocycles. The van der Waals surface area contributed by atoms with Crippen molar-refractivity contribution in [2.75, 3.05) is 10.7 Å². The summed E-state index contributed by atoms with van der Waals surface area (Å²) in [7, 11) is 0. The normalized spacial score (nSPS) is 9.95. The second kappa shape index (κ2) is 6.45. The molecule has 2 amide bonds. The second-order valence-electron chi connectivity index (χ2n) is 3.84. The third-order valence-corrected chi connectivity index (χ3v) is 2.89. The molecule has 0 bridgehead atoms. The first-order valence-electron chi connectivity index (χ1n) is 5.58. The molecule has 2 aromatic rings.